The van der Waals surface area contributed by atoms with Crippen LogP contribution in [-0.4, -0.2) is 31.5 Å². The Balaban J connectivity index is 3.97. The molecule has 0 spiro atoms. The second kappa shape index (κ2) is 5.85. The molecule has 0 aromatic rings. The Kier molecular flexibility index (Phi) is 5.81. The van der Waals surface area contributed by atoms with Crippen LogP contribution >= 0.6 is 0 Å². The van der Waals surface area contributed by atoms with Crippen molar-refractivity contribution in [1.82, 2.24) is 5.32 Å². The van der Waals surface area contributed by atoms with Gasteiger partial charge in [0.15, 0.2) is 9.84 Å². The minimum Gasteiger partial charge on any atom is -0.313 e. The maximum atomic E-state index is 11.8. The molecule has 0 radical (unpaired) electrons. The second-order valence-electron chi connectivity index (χ2n) is 5.08. The van der Waals surface area contributed by atoms with Gasteiger partial charge in [-0.05, 0) is 34.1 Å². The van der Waals surface area contributed by atoms with Gasteiger partial charge in [0, 0.05) is 12.6 Å². The smallest absolute Gasteiger partial charge is 0.156 e. The largest absolute Gasteiger partial charge is 0.313 e. The van der Waals surface area contributed by atoms with E-state index in [9.17, 15) is 8.42 Å². The highest BCUT2D eigenvalue weighted by Gasteiger charge is 2.28. The van der Waals surface area contributed by atoms with Gasteiger partial charge in [-0.25, -0.2) is 8.42 Å². The quantitative estimate of drug-likeness (QED) is 0.765. The number of hydrogen-bond donors (Lipinski definition) is 1. The van der Waals surface area contributed by atoms with Crippen molar-refractivity contribution in [3.8, 4) is 0 Å². The van der Waals surface area contributed by atoms with Crippen molar-refractivity contribution < 1.29 is 8.42 Å². The van der Waals surface area contributed by atoms with E-state index in [2.05, 4.69) is 19.2 Å². The molecule has 1 atom stereocenters. The van der Waals surface area contributed by atoms with Crippen LogP contribution in [0.25, 0.3) is 0 Å². The van der Waals surface area contributed by atoms with Gasteiger partial charge in [0.1, 0.15) is 0 Å². The van der Waals surface area contributed by atoms with Crippen LogP contribution in [-0.2, 0) is 9.84 Å². The molecule has 3 nitrogen and oxygen atoms in total. The number of sulfone groups is 1. The molecule has 15 heavy (non-hydrogen) atoms. The van der Waals surface area contributed by atoms with Gasteiger partial charge in [0.25, 0.3) is 0 Å². The standard InChI is InChI=1S/C11H25NO2S/c1-6-7-10(2)12-8-9-15(13,14)11(3,4)5/h10,12H,6-9H2,1-5H3. The maximum Gasteiger partial charge on any atom is 0.156 e. The first kappa shape index (κ1) is 14.9. The van der Waals surface area contributed by atoms with Crippen LogP contribution in [0.4, 0.5) is 0 Å². The molecule has 0 heterocycles. The molecular weight excluding hydrogens is 210 g/mol. The first-order valence-corrected chi connectivity index (χ1v) is 7.31. The lowest BCUT2D eigenvalue weighted by molar-refractivity contribution is 0.515. The molecule has 0 rings (SSSR count). The molecule has 1 unspecified atom stereocenters. The zero-order valence-electron chi connectivity index (χ0n) is 10.6. The lowest BCUT2D eigenvalue weighted by atomic mass is 10.2. The van der Waals surface area contributed by atoms with Crippen molar-refractivity contribution in [2.45, 2.75) is 58.2 Å². The molecule has 0 amide bonds. The topological polar surface area (TPSA) is 46.2 Å². The molecule has 0 aliphatic carbocycles. The highest BCUT2D eigenvalue weighted by molar-refractivity contribution is 7.92. The molecule has 0 aromatic carbocycles. The lowest BCUT2D eigenvalue weighted by Gasteiger charge is -2.20. The van der Waals surface area contributed by atoms with Gasteiger partial charge in [-0.2, -0.15) is 0 Å². The summed E-state index contributed by atoms with van der Waals surface area (Å²) < 4.78 is 22.9. The van der Waals surface area contributed by atoms with Crippen LogP contribution < -0.4 is 5.32 Å². The van der Waals surface area contributed by atoms with Gasteiger partial charge in [0.05, 0.1) is 10.5 Å². The normalized spacial score (nSPS) is 15.3. The van der Waals surface area contributed by atoms with Crippen LogP contribution in [0.15, 0.2) is 0 Å². The SMILES string of the molecule is CCCC(C)NCCS(=O)(=O)C(C)(C)C. The third-order valence-corrected chi connectivity index (χ3v) is 5.13. The zero-order valence-corrected chi connectivity index (χ0v) is 11.4. The Labute approximate surface area is 94.6 Å². The molecule has 0 fully saturated rings. The van der Waals surface area contributed by atoms with Gasteiger partial charge in [-0.3, -0.25) is 0 Å². The molecule has 1 N–H and O–H groups in total. The van der Waals surface area contributed by atoms with Crippen molar-refractivity contribution in [1.29, 1.82) is 0 Å². The van der Waals surface area contributed by atoms with E-state index < -0.39 is 14.6 Å². The van der Waals surface area contributed by atoms with E-state index in [1.165, 1.54) is 0 Å². The average Bonchev–Trinajstić information content (AvgIpc) is 2.01. The van der Waals surface area contributed by atoms with Crippen LogP contribution in [0.5, 0.6) is 0 Å². The summed E-state index contributed by atoms with van der Waals surface area (Å²) in [6.07, 6.45) is 2.22. The third-order valence-electron chi connectivity index (χ3n) is 2.52. The summed E-state index contributed by atoms with van der Waals surface area (Å²) in [7, 11) is -2.97. The lowest BCUT2D eigenvalue weighted by Crippen LogP contribution is -2.37. The molecule has 0 saturated carbocycles. The highest BCUT2D eigenvalue weighted by atomic mass is 32.2. The Morgan fingerprint density at radius 2 is 1.80 bits per heavy atom. The zero-order chi connectivity index (χ0) is 12.1. The summed E-state index contributed by atoms with van der Waals surface area (Å²) in [5.74, 6) is 0.227. The van der Waals surface area contributed by atoms with Gasteiger partial charge in [0.2, 0.25) is 0 Å². The fourth-order valence-corrected chi connectivity index (χ4v) is 2.28. The summed E-state index contributed by atoms with van der Waals surface area (Å²) >= 11 is 0. The van der Waals surface area contributed by atoms with Crippen LogP contribution in [0.3, 0.4) is 0 Å². The van der Waals surface area contributed by atoms with Crippen molar-refractivity contribution >= 4 is 9.84 Å². The molecule has 0 aromatic heterocycles. The van der Waals surface area contributed by atoms with Gasteiger partial charge in [-0.1, -0.05) is 13.3 Å². The predicted molar refractivity (Wildman–Crippen MR) is 65.9 cm³/mol. The Hall–Kier alpha value is -0.0900. The molecular formula is C11H25NO2S. The number of hydrogen-bond acceptors (Lipinski definition) is 3. The highest BCUT2D eigenvalue weighted by Crippen LogP contribution is 2.15. The molecule has 0 bridgehead atoms. The fourth-order valence-electron chi connectivity index (χ4n) is 1.28. The van der Waals surface area contributed by atoms with Crippen LogP contribution in [0, 0.1) is 0 Å². The minimum atomic E-state index is -2.97. The second-order valence-corrected chi connectivity index (χ2v) is 7.94. The summed E-state index contributed by atoms with van der Waals surface area (Å²) in [6.45, 7) is 10.0. The fraction of sp³-hybridized carbons (Fsp3) is 1.00. The van der Waals surface area contributed by atoms with E-state index in [0.717, 1.165) is 12.8 Å². The first-order valence-electron chi connectivity index (χ1n) is 5.66. The van der Waals surface area contributed by atoms with E-state index in [-0.39, 0.29) is 5.75 Å². The molecule has 92 valence electrons. The number of nitrogens with one attached hydrogen (secondary N) is 1. The van der Waals surface area contributed by atoms with E-state index >= 15 is 0 Å². The van der Waals surface area contributed by atoms with Gasteiger partial charge < -0.3 is 5.32 Å². The van der Waals surface area contributed by atoms with Crippen molar-refractivity contribution in [2.75, 3.05) is 12.3 Å². The summed E-state index contributed by atoms with van der Waals surface area (Å²) in [4.78, 5) is 0. The van der Waals surface area contributed by atoms with Crippen LogP contribution in [0.2, 0.25) is 0 Å². The van der Waals surface area contributed by atoms with E-state index in [0.29, 0.717) is 12.6 Å². The monoisotopic (exact) mass is 235 g/mol. The third kappa shape index (κ3) is 5.52. The van der Waals surface area contributed by atoms with E-state index in [1.54, 1.807) is 20.8 Å². The molecule has 0 saturated heterocycles. The van der Waals surface area contributed by atoms with E-state index in [1.807, 2.05) is 0 Å². The summed E-state index contributed by atoms with van der Waals surface area (Å²) in [6, 6.07) is 0.408. The first-order chi connectivity index (χ1) is 6.70. The Bertz CT molecular complexity index is 265. The molecule has 0 aliphatic heterocycles. The van der Waals surface area contributed by atoms with Crippen molar-refractivity contribution in [3.05, 3.63) is 0 Å². The maximum absolute atomic E-state index is 11.8. The summed E-state index contributed by atoms with van der Waals surface area (Å²) in [5, 5.41) is 3.23. The predicted octanol–water partition coefficient (Wildman–Crippen LogP) is 1.98. The van der Waals surface area contributed by atoms with Gasteiger partial charge in [-0.15, -0.1) is 0 Å². The Morgan fingerprint density at radius 3 is 2.20 bits per heavy atom. The Morgan fingerprint density at radius 1 is 1.27 bits per heavy atom. The number of rotatable bonds is 6. The van der Waals surface area contributed by atoms with Gasteiger partial charge >= 0.3 is 0 Å². The molecule has 4 heteroatoms. The van der Waals surface area contributed by atoms with Crippen molar-refractivity contribution in [2.24, 2.45) is 0 Å². The molecule has 0 aliphatic rings. The van der Waals surface area contributed by atoms with Crippen molar-refractivity contribution in [3.63, 3.8) is 0 Å². The minimum absolute atomic E-state index is 0.227. The average molecular weight is 235 g/mol. The van der Waals surface area contributed by atoms with E-state index in [4.69, 9.17) is 0 Å². The van der Waals surface area contributed by atoms with Crippen LogP contribution in [0.1, 0.15) is 47.5 Å². The summed E-state index contributed by atoms with van der Waals surface area (Å²) in [5.41, 5.74) is 0.